The number of H-pyrrole nitrogens is 1. The number of aromatic nitrogens is 4. The highest BCUT2D eigenvalue weighted by atomic mass is 19.1. The summed E-state index contributed by atoms with van der Waals surface area (Å²) < 4.78 is 20.3. The molecule has 0 bridgehead atoms. The second-order valence-corrected chi connectivity index (χ2v) is 10.4. The van der Waals surface area contributed by atoms with Crippen LogP contribution in [0.2, 0.25) is 0 Å². The normalized spacial score (nSPS) is 15.5. The minimum atomic E-state index is -0.939. The summed E-state index contributed by atoms with van der Waals surface area (Å²) in [5.74, 6) is 0.484. The van der Waals surface area contributed by atoms with E-state index < -0.39 is 17.3 Å². The van der Waals surface area contributed by atoms with Crippen molar-refractivity contribution >= 4 is 28.5 Å². The van der Waals surface area contributed by atoms with Crippen LogP contribution in [-0.2, 0) is 16.9 Å². The maximum atomic E-state index is 15.2. The third-order valence-corrected chi connectivity index (χ3v) is 7.03. The van der Waals surface area contributed by atoms with Crippen LogP contribution in [0.1, 0.15) is 55.4 Å². The average Bonchev–Trinajstić information content (AvgIpc) is 3.67. The van der Waals surface area contributed by atoms with Gasteiger partial charge in [-0.15, -0.1) is 0 Å². The molecule has 3 aromatic heterocycles. The predicted octanol–water partition coefficient (Wildman–Crippen LogP) is 4.64. The van der Waals surface area contributed by atoms with Crippen molar-refractivity contribution in [3.05, 3.63) is 70.8 Å². The van der Waals surface area contributed by atoms with Crippen molar-refractivity contribution in [1.82, 2.24) is 25.7 Å². The van der Waals surface area contributed by atoms with Crippen molar-refractivity contribution in [2.24, 2.45) is 5.92 Å². The molecular formula is C28H28FN7O3. The lowest BCUT2D eigenvalue weighted by Gasteiger charge is -2.17. The molecule has 4 heterocycles. The Morgan fingerprint density at radius 1 is 1.31 bits per heavy atom. The number of nitrogens with one attached hydrogen (secondary N) is 2. The van der Waals surface area contributed by atoms with Crippen molar-refractivity contribution in [1.29, 1.82) is 0 Å². The van der Waals surface area contributed by atoms with Gasteiger partial charge in [-0.25, -0.2) is 15.9 Å². The monoisotopic (exact) mass is 529 g/mol. The predicted molar refractivity (Wildman–Crippen MR) is 142 cm³/mol. The molecule has 1 amide bonds. The van der Waals surface area contributed by atoms with Crippen molar-refractivity contribution < 1.29 is 18.5 Å². The van der Waals surface area contributed by atoms with Gasteiger partial charge in [0.2, 0.25) is 5.76 Å². The number of hydrogen-bond acceptors (Lipinski definition) is 7. The van der Waals surface area contributed by atoms with Gasteiger partial charge in [-0.3, -0.25) is 9.89 Å². The summed E-state index contributed by atoms with van der Waals surface area (Å²) in [5, 5.41) is 14.7. The zero-order valence-corrected chi connectivity index (χ0v) is 21.9. The first-order valence-corrected chi connectivity index (χ1v) is 12.7. The molecule has 5 rings (SSSR count). The Hall–Kier alpha value is -4.59. The molecule has 1 fully saturated rings. The Kier molecular flexibility index (Phi) is 6.87. The highest BCUT2D eigenvalue weighted by molar-refractivity contribution is 6.00. The van der Waals surface area contributed by atoms with Gasteiger partial charge in [0, 0.05) is 57.7 Å². The van der Waals surface area contributed by atoms with E-state index in [0.29, 0.717) is 23.2 Å². The molecule has 0 saturated carbocycles. The minimum Gasteiger partial charge on any atom is -0.354 e. The van der Waals surface area contributed by atoms with Crippen LogP contribution in [0, 0.1) is 18.3 Å². The summed E-state index contributed by atoms with van der Waals surface area (Å²) in [6.07, 6.45) is 3.10. The molecule has 0 aliphatic carbocycles. The first-order valence-electron chi connectivity index (χ1n) is 12.7. The Balaban J connectivity index is 1.34. The molecule has 200 valence electrons. The number of aromatic amines is 1. The van der Waals surface area contributed by atoms with Crippen LogP contribution >= 0.6 is 0 Å². The lowest BCUT2D eigenvalue weighted by Crippen LogP contribution is -2.23. The molecule has 0 radical (unpaired) electrons. The maximum Gasteiger partial charge on any atom is 0.286 e. The van der Waals surface area contributed by atoms with Gasteiger partial charge in [0.05, 0.1) is 5.39 Å². The Bertz CT molecular complexity index is 1600. The zero-order chi connectivity index (χ0) is 27.7. The second-order valence-electron chi connectivity index (χ2n) is 10.4. The van der Waals surface area contributed by atoms with Crippen LogP contribution in [0.5, 0.6) is 0 Å². The van der Waals surface area contributed by atoms with E-state index in [1.165, 1.54) is 12.1 Å². The molecule has 1 aliphatic heterocycles. The summed E-state index contributed by atoms with van der Waals surface area (Å²) in [6.45, 7) is 13.6. The Labute approximate surface area is 224 Å². The summed E-state index contributed by atoms with van der Waals surface area (Å²) in [4.78, 5) is 34.1. The van der Waals surface area contributed by atoms with Gasteiger partial charge in [0.25, 0.3) is 11.4 Å². The van der Waals surface area contributed by atoms with E-state index in [1.807, 2.05) is 6.07 Å². The van der Waals surface area contributed by atoms with Crippen LogP contribution in [0.3, 0.4) is 0 Å². The lowest BCUT2D eigenvalue weighted by atomic mass is 10.0. The average molecular weight is 530 g/mol. The van der Waals surface area contributed by atoms with Crippen LogP contribution in [-0.4, -0.2) is 45.1 Å². The Morgan fingerprint density at radius 3 is 2.87 bits per heavy atom. The van der Waals surface area contributed by atoms with Crippen LogP contribution < -0.4 is 10.2 Å². The summed E-state index contributed by atoms with van der Waals surface area (Å²) in [7, 11) is 0. The van der Waals surface area contributed by atoms with Gasteiger partial charge in [-0.1, -0.05) is 17.3 Å². The number of fused-ring (bicyclic) bond motifs is 1. The van der Waals surface area contributed by atoms with E-state index >= 15 is 4.39 Å². The molecule has 10 nitrogen and oxygen atoms in total. The third kappa shape index (κ3) is 5.23. The first-order chi connectivity index (χ1) is 18.7. The topological polar surface area (TPSA) is 121 Å². The van der Waals surface area contributed by atoms with Crippen molar-refractivity contribution in [2.75, 3.05) is 18.0 Å². The summed E-state index contributed by atoms with van der Waals surface area (Å²) in [6, 6.07) is 8.11. The standard InChI is InChI=1S/C28H28FN7O3/c1-16(37)11-17-8-10-36(15-17)26-24-20(7-9-31-25(24)33-34-26)18-5-6-19(21(29)12-18)14-32-27(38)22-13-23(39-35-22)28(2,3)30-4/h5-7,9,12-13,17H,8,10-11,14-15H2,1-3H3,(H,32,38)(H,31,33,34)/t17-/m0/s1. The number of halogens is 1. The van der Waals surface area contributed by atoms with Gasteiger partial charge >= 0.3 is 0 Å². The summed E-state index contributed by atoms with van der Waals surface area (Å²) in [5.41, 5.74) is 1.43. The number of Topliss-reactive ketones (excluding diaryl/α,β-unsaturated/α-hetero) is 1. The number of anilines is 1. The molecule has 0 spiro atoms. The molecule has 39 heavy (non-hydrogen) atoms. The van der Waals surface area contributed by atoms with Gasteiger partial charge in [0.1, 0.15) is 11.6 Å². The number of pyridine rings is 1. The number of rotatable bonds is 8. The first kappa shape index (κ1) is 26.0. The van der Waals surface area contributed by atoms with E-state index in [2.05, 4.69) is 35.4 Å². The molecule has 1 aliphatic rings. The van der Waals surface area contributed by atoms with Crippen molar-refractivity contribution in [2.45, 2.75) is 45.7 Å². The SMILES string of the molecule is [C-]#[N+]C(C)(C)c1cc(C(=O)NCc2ccc(-c3ccnc4[nH]nc(N5CC[C@@H](CC(C)=O)C5)c34)cc2F)no1. The van der Waals surface area contributed by atoms with Gasteiger partial charge in [-0.05, 0) is 42.5 Å². The van der Waals surface area contributed by atoms with Crippen molar-refractivity contribution in [3.8, 4) is 11.1 Å². The van der Waals surface area contributed by atoms with E-state index in [0.717, 1.165) is 36.3 Å². The molecule has 2 N–H and O–H groups in total. The quantitative estimate of drug-likeness (QED) is 0.319. The fourth-order valence-corrected chi connectivity index (χ4v) is 4.85. The molecule has 1 saturated heterocycles. The molecule has 4 aromatic rings. The number of carbonyl (C=O) groups excluding carboxylic acids is 2. The fraction of sp³-hybridized carbons (Fsp3) is 0.357. The number of benzene rings is 1. The van der Waals surface area contributed by atoms with Gasteiger partial charge in [-0.2, -0.15) is 5.10 Å². The Morgan fingerprint density at radius 2 is 2.13 bits per heavy atom. The van der Waals surface area contributed by atoms with Gasteiger partial charge < -0.3 is 24.4 Å². The number of nitrogens with zero attached hydrogens (tertiary/aromatic N) is 5. The molecule has 11 heteroatoms. The van der Waals surface area contributed by atoms with Gasteiger partial charge in [0.15, 0.2) is 17.2 Å². The van der Waals surface area contributed by atoms with Crippen molar-refractivity contribution in [3.63, 3.8) is 0 Å². The van der Waals surface area contributed by atoms with E-state index in [4.69, 9.17) is 11.1 Å². The van der Waals surface area contributed by atoms with Crippen LogP contribution in [0.4, 0.5) is 10.2 Å². The smallest absolute Gasteiger partial charge is 0.286 e. The molecule has 0 unspecified atom stereocenters. The maximum absolute atomic E-state index is 15.2. The highest BCUT2D eigenvalue weighted by Crippen LogP contribution is 2.36. The van der Waals surface area contributed by atoms with Crippen LogP contribution in [0.25, 0.3) is 27.0 Å². The second kappa shape index (κ2) is 10.3. The number of amides is 1. The van der Waals surface area contributed by atoms with E-state index in [1.54, 1.807) is 39.1 Å². The zero-order valence-electron chi connectivity index (χ0n) is 21.9. The number of carbonyl (C=O) groups is 2. The highest BCUT2D eigenvalue weighted by Gasteiger charge is 2.32. The molecule has 1 aromatic carbocycles. The lowest BCUT2D eigenvalue weighted by molar-refractivity contribution is -0.117. The third-order valence-electron chi connectivity index (χ3n) is 7.03. The molecule has 1 atom stereocenters. The number of ketones is 1. The minimum absolute atomic E-state index is 0.0258. The van der Waals surface area contributed by atoms with E-state index in [-0.39, 0.29) is 29.7 Å². The van der Waals surface area contributed by atoms with E-state index in [9.17, 15) is 9.59 Å². The molecular weight excluding hydrogens is 501 g/mol. The van der Waals surface area contributed by atoms with Crippen LogP contribution in [0.15, 0.2) is 41.1 Å². The fourth-order valence-electron chi connectivity index (χ4n) is 4.85. The summed E-state index contributed by atoms with van der Waals surface area (Å²) >= 11 is 0. The number of hydrogen-bond donors (Lipinski definition) is 2. The largest absolute Gasteiger partial charge is 0.354 e.